The molecule has 2 nitrogen and oxygen atoms in total. The van der Waals surface area contributed by atoms with Crippen molar-refractivity contribution >= 4 is 12.0 Å². The molecule has 0 aliphatic rings. The minimum Gasteiger partial charge on any atom is -0.458 e. The summed E-state index contributed by atoms with van der Waals surface area (Å²) in [7, 11) is 0. The van der Waals surface area contributed by atoms with E-state index in [0.717, 1.165) is 11.1 Å². The summed E-state index contributed by atoms with van der Waals surface area (Å²) in [5.41, 5.74) is 4.37. The lowest BCUT2D eigenvalue weighted by molar-refractivity contribution is -0.138. The molecular weight excluding hydrogens is 248 g/mol. The standard InChI is InChI=1S/C18H18O2/c1-14-3-7-16(8-4-14)11-12-18(19)20-13-17-9-5-15(2)6-10-17/h3-12H,13H2,1-2H3. The molecule has 0 spiro atoms. The smallest absolute Gasteiger partial charge is 0.331 e. The first-order valence-corrected chi connectivity index (χ1v) is 6.60. The van der Waals surface area contributed by atoms with Crippen LogP contribution in [0.3, 0.4) is 0 Å². The van der Waals surface area contributed by atoms with Gasteiger partial charge < -0.3 is 4.74 Å². The van der Waals surface area contributed by atoms with Gasteiger partial charge in [0, 0.05) is 6.08 Å². The number of hydrogen-bond donors (Lipinski definition) is 0. The highest BCUT2D eigenvalue weighted by atomic mass is 16.5. The van der Waals surface area contributed by atoms with Crippen LogP contribution in [0.1, 0.15) is 22.3 Å². The summed E-state index contributed by atoms with van der Waals surface area (Å²) in [5, 5.41) is 0. The summed E-state index contributed by atoms with van der Waals surface area (Å²) < 4.78 is 5.19. The van der Waals surface area contributed by atoms with Gasteiger partial charge in [-0.25, -0.2) is 4.79 Å². The Kier molecular flexibility index (Phi) is 4.72. The van der Waals surface area contributed by atoms with E-state index in [2.05, 4.69) is 0 Å². The van der Waals surface area contributed by atoms with Crippen molar-refractivity contribution in [1.29, 1.82) is 0 Å². The van der Waals surface area contributed by atoms with E-state index in [1.165, 1.54) is 17.2 Å². The van der Waals surface area contributed by atoms with Crippen molar-refractivity contribution in [3.05, 3.63) is 76.9 Å². The molecule has 2 aromatic rings. The molecule has 0 unspecified atom stereocenters. The normalized spacial score (nSPS) is 10.7. The second-order valence-electron chi connectivity index (χ2n) is 4.84. The van der Waals surface area contributed by atoms with Crippen LogP contribution in [0.4, 0.5) is 0 Å². The predicted molar refractivity (Wildman–Crippen MR) is 81.2 cm³/mol. The molecule has 0 bridgehead atoms. The number of aryl methyl sites for hydroxylation is 2. The summed E-state index contributed by atoms with van der Waals surface area (Å²) >= 11 is 0. The van der Waals surface area contributed by atoms with Gasteiger partial charge in [-0.2, -0.15) is 0 Å². The van der Waals surface area contributed by atoms with Gasteiger partial charge in [0.1, 0.15) is 6.61 Å². The van der Waals surface area contributed by atoms with Crippen molar-refractivity contribution in [2.24, 2.45) is 0 Å². The average Bonchev–Trinajstić information content (AvgIpc) is 2.46. The first-order chi connectivity index (χ1) is 9.63. The molecule has 102 valence electrons. The molecule has 2 aromatic carbocycles. The van der Waals surface area contributed by atoms with Crippen LogP contribution in [0.15, 0.2) is 54.6 Å². The average molecular weight is 266 g/mol. The van der Waals surface area contributed by atoms with Crippen LogP contribution in [0.5, 0.6) is 0 Å². The van der Waals surface area contributed by atoms with Gasteiger partial charge in [-0.05, 0) is 31.1 Å². The van der Waals surface area contributed by atoms with E-state index in [-0.39, 0.29) is 5.97 Å². The largest absolute Gasteiger partial charge is 0.458 e. The van der Waals surface area contributed by atoms with Crippen LogP contribution in [0.25, 0.3) is 6.08 Å². The van der Waals surface area contributed by atoms with E-state index in [1.807, 2.05) is 62.4 Å². The Balaban J connectivity index is 1.86. The molecule has 0 aliphatic heterocycles. The van der Waals surface area contributed by atoms with Crippen molar-refractivity contribution in [3.8, 4) is 0 Å². The number of carbonyl (C=O) groups excluding carboxylic acids is 1. The Hall–Kier alpha value is -2.35. The number of esters is 1. The fraction of sp³-hybridized carbons (Fsp3) is 0.167. The molecule has 0 heterocycles. The van der Waals surface area contributed by atoms with Crippen molar-refractivity contribution in [2.75, 3.05) is 0 Å². The van der Waals surface area contributed by atoms with Gasteiger partial charge in [-0.3, -0.25) is 0 Å². The van der Waals surface area contributed by atoms with E-state index in [1.54, 1.807) is 6.08 Å². The first-order valence-electron chi connectivity index (χ1n) is 6.60. The van der Waals surface area contributed by atoms with Crippen LogP contribution in [-0.2, 0) is 16.1 Å². The third-order valence-electron chi connectivity index (χ3n) is 2.99. The summed E-state index contributed by atoms with van der Waals surface area (Å²) in [5.74, 6) is -0.328. The van der Waals surface area contributed by atoms with E-state index in [9.17, 15) is 4.79 Å². The minimum atomic E-state index is -0.328. The molecular formula is C18H18O2. The lowest BCUT2D eigenvalue weighted by Crippen LogP contribution is -2.00. The van der Waals surface area contributed by atoms with Crippen LogP contribution in [-0.4, -0.2) is 5.97 Å². The van der Waals surface area contributed by atoms with Gasteiger partial charge in [0.05, 0.1) is 0 Å². The minimum absolute atomic E-state index is 0.303. The van der Waals surface area contributed by atoms with Crippen molar-refractivity contribution in [1.82, 2.24) is 0 Å². The zero-order valence-corrected chi connectivity index (χ0v) is 11.8. The van der Waals surface area contributed by atoms with Crippen molar-refractivity contribution in [2.45, 2.75) is 20.5 Å². The number of rotatable bonds is 4. The highest BCUT2D eigenvalue weighted by molar-refractivity contribution is 5.87. The maximum Gasteiger partial charge on any atom is 0.331 e. The molecule has 0 aliphatic carbocycles. The second-order valence-corrected chi connectivity index (χ2v) is 4.84. The predicted octanol–water partition coefficient (Wildman–Crippen LogP) is 4.06. The van der Waals surface area contributed by atoms with Gasteiger partial charge in [0.25, 0.3) is 0 Å². The molecule has 0 atom stereocenters. The third-order valence-corrected chi connectivity index (χ3v) is 2.99. The third kappa shape index (κ3) is 4.39. The van der Waals surface area contributed by atoms with Crippen LogP contribution < -0.4 is 0 Å². The topological polar surface area (TPSA) is 26.3 Å². The Labute approximate surface area is 119 Å². The highest BCUT2D eigenvalue weighted by Crippen LogP contribution is 2.07. The highest BCUT2D eigenvalue weighted by Gasteiger charge is 1.98. The Morgan fingerprint density at radius 2 is 1.50 bits per heavy atom. The van der Waals surface area contributed by atoms with Crippen molar-refractivity contribution < 1.29 is 9.53 Å². The lowest BCUT2D eigenvalue weighted by Gasteiger charge is -2.02. The molecule has 0 radical (unpaired) electrons. The summed E-state index contributed by atoms with van der Waals surface area (Å²) in [4.78, 5) is 11.6. The summed E-state index contributed by atoms with van der Waals surface area (Å²) in [6.07, 6.45) is 3.22. The van der Waals surface area contributed by atoms with Gasteiger partial charge in [-0.1, -0.05) is 59.7 Å². The molecule has 0 saturated heterocycles. The van der Waals surface area contributed by atoms with Gasteiger partial charge in [0.2, 0.25) is 0 Å². The van der Waals surface area contributed by atoms with Crippen molar-refractivity contribution in [3.63, 3.8) is 0 Å². The number of benzene rings is 2. The lowest BCUT2D eigenvalue weighted by atomic mass is 10.1. The second kappa shape index (κ2) is 6.71. The zero-order chi connectivity index (χ0) is 14.4. The van der Waals surface area contributed by atoms with Crippen LogP contribution >= 0.6 is 0 Å². The van der Waals surface area contributed by atoms with Gasteiger partial charge in [-0.15, -0.1) is 0 Å². The maximum atomic E-state index is 11.6. The van der Waals surface area contributed by atoms with Gasteiger partial charge in [0.15, 0.2) is 0 Å². The first kappa shape index (κ1) is 14.1. The summed E-state index contributed by atoms with van der Waals surface area (Å²) in [6.45, 7) is 4.36. The fourth-order valence-corrected chi connectivity index (χ4v) is 1.73. The monoisotopic (exact) mass is 266 g/mol. The summed E-state index contributed by atoms with van der Waals surface area (Å²) in [6, 6.07) is 15.9. The molecule has 2 rings (SSSR count). The molecule has 0 N–H and O–H groups in total. The van der Waals surface area contributed by atoms with E-state index in [4.69, 9.17) is 4.74 Å². The molecule has 0 aromatic heterocycles. The zero-order valence-electron chi connectivity index (χ0n) is 11.8. The van der Waals surface area contributed by atoms with Gasteiger partial charge >= 0.3 is 5.97 Å². The molecule has 0 saturated carbocycles. The van der Waals surface area contributed by atoms with Crippen LogP contribution in [0, 0.1) is 13.8 Å². The molecule has 0 fully saturated rings. The maximum absolute atomic E-state index is 11.6. The fourth-order valence-electron chi connectivity index (χ4n) is 1.73. The molecule has 0 amide bonds. The molecule has 2 heteroatoms. The van der Waals surface area contributed by atoms with E-state index in [0.29, 0.717) is 6.61 Å². The quantitative estimate of drug-likeness (QED) is 0.616. The van der Waals surface area contributed by atoms with E-state index >= 15 is 0 Å². The number of hydrogen-bond acceptors (Lipinski definition) is 2. The molecule has 20 heavy (non-hydrogen) atoms. The van der Waals surface area contributed by atoms with Crippen LogP contribution in [0.2, 0.25) is 0 Å². The Morgan fingerprint density at radius 1 is 0.950 bits per heavy atom. The number of ether oxygens (including phenoxy) is 1. The number of carbonyl (C=O) groups is 1. The Bertz CT molecular complexity index is 592. The van der Waals surface area contributed by atoms with E-state index < -0.39 is 0 Å². The SMILES string of the molecule is Cc1ccc(C=CC(=O)OCc2ccc(C)cc2)cc1. The Morgan fingerprint density at radius 3 is 2.10 bits per heavy atom.